The number of aromatic nitrogens is 2. The van der Waals surface area contributed by atoms with E-state index in [1.54, 1.807) is 6.07 Å². The first-order chi connectivity index (χ1) is 10.3. The van der Waals surface area contributed by atoms with Crippen LogP contribution in [0.25, 0.3) is 22.4 Å². The first-order valence-corrected chi connectivity index (χ1v) is 7.25. The van der Waals surface area contributed by atoms with Gasteiger partial charge in [0.15, 0.2) is 0 Å². The van der Waals surface area contributed by atoms with Gasteiger partial charge in [0.2, 0.25) is 0 Å². The van der Waals surface area contributed by atoms with Gasteiger partial charge < -0.3 is 9.88 Å². The quantitative estimate of drug-likeness (QED) is 0.779. The van der Waals surface area contributed by atoms with E-state index in [2.05, 4.69) is 40.0 Å². The summed E-state index contributed by atoms with van der Waals surface area (Å²) < 4.78 is 15.5. The number of rotatable bonds is 2. The third-order valence-corrected chi connectivity index (χ3v) is 4.12. The van der Waals surface area contributed by atoms with Crippen molar-refractivity contribution in [1.82, 2.24) is 14.9 Å². The lowest BCUT2D eigenvalue weighted by molar-refractivity contribution is 0.629. The lowest BCUT2D eigenvalue weighted by Gasteiger charge is -2.07. The number of hydrogen-bond donors (Lipinski definition) is 1. The number of nitrogens with zero attached hydrogens (tertiary/aromatic N) is 2. The molecule has 0 spiro atoms. The van der Waals surface area contributed by atoms with Crippen LogP contribution in [0.2, 0.25) is 0 Å². The molecular formula is C17H16FN3. The van der Waals surface area contributed by atoms with Crippen LogP contribution >= 0.6 is 0 Å². The molecule has 0 aliphatic carbocycles. The molecule has 4 heteroatoms. The summed E-state index contributed by atoms with van der Waals surface area (Å²) in [7, 11) is 0. The maximum atomic E-state index is 13.4. The van der Waals surface area contributed by atoms with Gasteiger partial charge in [-0.3, -0.25) is 0 Å². The topological polar surface area (TPSA) is 29.9 Å². The van der Waals surface area contributed by atoms with Crippen LogP contribution < -0.4 is 5.32 Å². The number of benzene rings is 2. The van der Waals surface area contributed by atoms with E-state index in [-0.39, 0.29) is 5.82 Å². The summed E-state index contributed by atoms with van der Waals surface area (Å²) >= 11 is 0. The van der Waals surface area contributed by atoms with Crippen LogP contribution in [-0.4, -0.2) is 9.55 Å². The van der Waals surface area contributed by atoms with Gasteiger partial charge in [-0.05, 0) is 36.2 Å². The molecule has 0 saturated carbocycles. The maximum Gasteiger partial charge on any atom is 0.141 e. The van der Waals surface area contributed by atoms with E-state index in [4.69, 9.17) is 0 Å². The Bertz CT molecular complexity index is 835. The number of nitrogens with one attached hydrogen (secondary N) is 1. The third-order valence-electron chi connectivity index (χ3n) is 4.12. The van der Waals surface area contributed by atoms with Crippen molar-refractivity contribution in [2.45, 2.75) is 26.6 Å². The van der Waals surface area contributed by atoms with Crippen LogP contribution in [0.5, 0.6) is 0 Å². The highest BCUT2D eigenvalue weighted by Crippen LogP contribution is 2.28. The monoisotopic (exact) mass is 281 g/mol. The van der Waals surface area contributed by atoms with Gasteiger partial charge in [-0.1, -0.05) is 12.1 Å². The molecule has 0 radical (unpaired) electrons. The normalized spacial score (nSPS) is 13.8. The van der Waals surface area contributed by atoms with Crippen LogP contribution in [-0.2, 0) is 19.6 Å². The molecule has 0 saturated heterocycles. The molecule has 21 heavy (non-hydrogen) atoms. The lowest BCUT2D eigenvalue weighted by atomic mass is 10.1. The molecule has 1 aromatic heterocycles. The highest BCUT2D eigenvalue weighted by molar-refractivity contribution is 5.81. The minimum Gasteiger partial charge on any atom is -0.324 e. The molecule has 4 rings (SSSR count). The second-order valence-corrected chi connectivity index (χ2v) is 5.40. The van der Waals surface area contributed by atoms with Gasteiger partial charge >= 0.3 is 0 Å². The summed E-state index contributed by atoms with van der Waals surface area (Å²) in [5, 5.41) is 3.35. The van der Waals surface area contributed by atoms with Crippen molar-refractivity contribution in [3.05, 3.63) is 53.3 Å². The molecule has 2 heterocycles. The van der Waals surface area contributed by atoms with Gasteiger partial charge in [0.25, 0.3) is 0 Å². The van der Waals surface area contributed by atoms with E-state index in [9.17, 15) is 4.39 Å². The van der Waals surface area contributed by atoms with Gasteiger partial charge in [-0.15, -0.1) is 0 Å². The van der Waals surface area contributed by atoms with Crippen LogP contribution in [0.1, 0.15) is 18.1 Å². The first kappa shape index (κ1) is 12.5. The van der Waals surface area contributed by atoms with E-state index >= 15 is 0 Å². The molecule has 1 aliphatic rings. The summed E-state index contributed by atoms with van der Waals surface area (Å²) in [4.78, 5) is 4.64. The Morgan fingerprint density at radius 2 is 2.00 bits per heavy atom. The number of halogens is 1. The van der Waals surface area contributed by atoms with Crippen LogP contribution in [0.4, 0.5) is 4.39 Å². The highest BCUT2D eigenvalue weighted by Gasteiger charge is 2.15. The molecule has 2 aromatic carbocycles. The Kier molecular flexibility index (Phi) is 2.79. The maximum absolute atomic E-state index is 13.4. The van der Waals surface area contributed by atoms with E-state index in [1.165, 1.54) is 23.3 Å². The summed E-state index contributed by atoms with van der Waals surface area (Å²) in [6.07, 6.45) is 0. The summed E-state index contributed by atoms with van der Waals surface area (Å²) in [5.41, 5.74) is 5.46. The van der Waals surface area contributed by atoms with Crippen molar-refractivity contribution in [2.75, 3.05) is 0 Å². The molecule has 106 valence electrons. The average Bonchev–Trinajstić information content (AvgIpc) is 3.09. The smallest absolute Gasteiger partial charge is 0.141 e. The van der Waals surface area contributed by atoms with Crippen LogP contribution in [0, 0.1) is 5.82 Å². The Morgan fingerprint density at radius 3 is 2.86 bits per heavy atom. The van der Waals surface area contributed by atoms with Gasteiger partial charge in [0.05, 0.1) is 11.0 Å². The van der Waals surface area contributed by atoms with Gasteiger partial charge in [0, 0.05) is 31.3 Å². The number of fused-ring (bicyclic) bond motifs is 2. The lowest BCUT2D eigenvalue weighted by Crippen LogP contribution is -2.00. The second kappa shape index (κ2) is 4.67. The molecule has 0 bridgehead atoms. The summed E-state index contributed by atoms with van der Waals surface area (Å²) in [6, 6.07) is 11.3. The zero-order valence-corrected chi connectivity index (χ0v) is 11.9. The Morgan fingerprint density at radius 1 is 1.14 bits per heavy atom. The number of aryl methyl sites for hydroxylation is 1. The summed E-state index contributed by atoms with van der Waals surface area (Å²) in [6.45, 7) is 4.74. The molecule has 0 unspecified atom stereocenters. The van der Waals surface area contributed by atoms with Crippen molar-refractivity contribution < 1.29 is 4.39 Å². The molecule has 0 amide bonds. The first-order valence-electron chi connectivity index (χ1n) is 7.25. The van der Waals surface area contributed by atoms with E-state index in [0.717, 1.165) is 36.5 Å². The molecule has 1 aliphatic heterocycles. The molecule has 1 N–H and O–H groups in total. The highest BCUT2D eigenvalue weighted by atomic mass is 19.1. The van der Waals surface area contributed by atoms with E-state index in [0.29, 0.717) is 5.52 Å². The molecule has 3 nitrogen and oxygen atoms in total. The largest absolute Gasteiger partial charge is 0.324 e. The fourth-order valence-corrected chi connectivity index (χ4v) is 3.08. The van der Waals surface area contributed by atoms with Gasteiger partial charge in [-0.25, -0.2) is 9.37 Å². The predicted molar refractivity (Wildman–Crippen MR) is 81.3 cm³/mol. The molecule has 0 fully saturated rings. The zero-order chi connectivity index (χ0) is 14.4. The fourth-order valence-electron chi connectivity index (χ4n) is 3.08. The van der Waals surface area contributed by atoms with Crippen molar-refractivity contribution in [1.29, 1.82) is 0 Å². The Hall–Kier alpha value is -2.20. The van der Waals surface area contributed by atoms with Crippen LogP contribution in [0.15, 0.2) is 36.4 Å². The van der Waals surface area contributed by atoms with Crippen LogP contribution in [0.3, 0.4) is 0 Å². The number of imidazole rings is 1. The van der Waals surface area contributed by atoms with Gasteiger partial charge in [-0.2, -0.15) is 0 Å². The molecule has 3 aromatic rings. The van der Waals surface area contributed by atoms with Crippen molar-refractivity contribution in [2.24, 2.45) is 0 Å². The van der Waals surface area contributed by atoms with Crippen molar-refractivity contribution in [3.8, 4) is 11.4 Å². The summed E-state index contributed by atoms with van der Waals surface area (Å²) in [5.74, 6) is 0.667. The second-order valence-electron chi connectivity index (χ2n) is 5.40. The average molecular weight is 281 g/mol. The molecule has 0 atom stereocenters. The fraction of sp³-hybridized carbons (Fsp3) is 0.235. The van der Waals surface area contributed by atoms with Crippen molar-refractivity contribution >= 4 is 11.0 Å². The van der Waals surface area contributed by atoms with Crippen molar-refractivity contribution in [3.63, 3.8) is 0 Å². The third kappa shape index (κ3) is 1.94. The number of hydrogen-bond acceptors (Lipinski definition) is 2. The molecular weight excluding hydrogens is 265 g/mol. The minimum atomic E-state index is -0.243. The van der Waals surface area contributed by atoms with Gasteiger partial charge in [0.1, 0.15) is 11.6 Å². The predicted octanol–water partition coefficient (Wildman–Crippen LogP) is 3.47. The zero-order valence-electron chi connectivity index (χ0n) is 11.9. The Balaban J connectivity index is 1.93. The SMILES string of the molecule is CCn1c(-c2ccc3c(c2)CNC3)nc2cc(F)ccc21. The van der Waals surface area contributed by atoms with E-state index in [1.807, 2.05) is 0 Å². The van der Waals surface area contributed by atoms with E-state index < -0.39 is 0 Å². The Labute approximate surface area is 122 Å². The standard InChI is InChI=1S/C17H16FN3/c1-2-21-16-6-5-14(18)8-15(16)20-17(21)11-3-4-12-9-19-10-13(12)7-11/h3-8,19H,2,9-10H2,1H3. The minimum absolute atomic E-state index is 0.243.